The first kappa shape index (κ1) is 20.4. The topological polar surface area (TPSA) is 58.6 Å². The number of rotatable bonds is 4. The van der Waals surface area contributed by atoms with Gasteiger partial charge in [0.2, 0.25) is 0 Å². The Morgan fingerprint density at radius 1 is 1.03 bits per heavy atom. The number of thiazole rings is 1. The van der Waals surface area contributed by atoms with Gasteiger partial charge in [0.1, 0.15) is 11.9 Å². The first-order valence-corrected chi connectivity index (χ1v) is 11.9. The number of benzene rings is 1. The molecule has 0 saturated carbocycles. The molecule has 2 aliphatic heterocycles. The number of nitrogens with zero attached hydrogens (tertiary/aromatic N) is 4. The molecule has 0 bridgehead atoms. The Hall–Kier alpha value is -2.51. The van der Waals surface area contributed by atoms with Crippen molar-refractivity contribution in [2.75, 3.05) is 26.2 Å². The van der Waals surface area contributed by atoms with E-state index in [0.717, 1.165) is 78.4 Å². The summed E-state index contributed by atoms with van der Waals surface area (Å²) in [6.45, 7) is 5.80. The first-order valence-electron chi connectivity index (χ1n) is 11.1. The van der Waals surface area contributed by atoms with Crippen molar-refractivity contribution in [2.24, 2.45) is 0 Å². The number of carbonyl (C=O) groups excluding carboxylic acids is 1. The number of piperidine rings is 2. The van der Waals surface area contributed by atoms with Gasteiger partial charge in [-0.1, -0.05) is 0 Å². The van der Waals surface area contributed by atoms with E-state index in [2.05, 4.69) is 14.9 Å². The van der Waals surface area contributed by atoms with Gasteiger partial charge in [0.05, 0.1) is 15.2 Å². The van der Waals surface area contributed by atoms with Crippen LogP contribution in [-0.4, -0.2) is 64.0 Å². The molecule has 1 amide bonds. The van der Waals surface area contributed by atoms with Crippen molar-refractivity contribution in [1.29, 1.82) is 0 Å². The number of likely N-dealkylation sites (tertiary alicyclic amines) is 2. The largest absolute Gasteiger partial charge is 0.490 e. The summed E-state index contributed by atoms with van der Waals surface area (Å²) in [5, 5.41) is 1.04. The Kier molecular flexibility index (Phi) is 5.87. The quantitative estimate of drug-likeness (QED) is 0.615. The summed E-state index contributed by atoms with van der Waals surface area (Å²) in [6, 6.07) is 10.3. The summed E-state index contributed by atoms with van der Waals surface area (Å²) in [4.78, 5) is 26.2. The molecular formula is C24H28N4O2S. The second-order valence-electron chi connectivity index (χ2n) is 8.47. The third kappa shape index (κ3) is 4.57. The van der Waals surface area contributed by atoms with Gasteiger partial charge in [0.25, 0.3) is 5.91 Å². The average molecular weight is 437 g/mol. The Bertz CT molecular complexity index is 1040. The van der Waals surface area contributed by atoms with Crippen LogP contribution in [0.5, 0.6) is 5.75 Å². The van der Waals surface area contributed by atoms with Crippen LogP contribution < -0.4 is 4.74 Å². The normalized spacial score (nSPS) is 19.1. The highest BCUT2D eigenvalue weighted by atomic mass is 32.1. The fraction of sp³-hybridized carbons (Fsp3) is 0.458. The molecule has 7 heteroatoms. The molecule has 31 heavy (non-hydrogen) atoms. The predicted octanol–water partition coefficient (Wildman–Crippen LogP) is 4.15. The summed E-state index contributed by atoms with van der Waals surface area (Å²) in [6.07, 6.45) is 8.02. The van der Waals surface area contributed by atoms with Gasteiger partial charge in [-0.05, 0) is 62.9 Å². The summed E-state index contributed by atoms with van der Waals surface area (Å²) >= 11 is 1.65. The molecule has 6 nitrogen and oxygen atoms in total. The Morgan fingerprint density at radius 3 is 2.52 bits per heavy atom. The smallest absolute Gasteiger partial charge is 0.253 e. The van der Waals surface area contributed by atoms with Crippen molar-refractivity contribution < 1.29 is 9.53 Å². The molecule has 0 unspecified atom stereocenters. The van der Waals surface area contributed by atoms with Crippen LogP contribution in [0.1, 0.15) is 41.0 Å². The van der Waals surface area contributed by atoms with E-state index >= 15 is 0 Å². The number of amides is 1. The summed E-state index contributed by atoms with van der Waals surface area (Å²) in [5.74, 6) is 1.06. The molecule has 162 valence electrons. The minimum Gasteiger partial charge on any atom is -0.490 e. The van der Waals surface area contributed by atoms with Crippen LogP contribution in [0.15, 0.2) is 42.7 Å². The van der Waals surface area contributed by atoms with Crippen LogP contribution >= 0.6 is 11.3 Å². The number of pyridine rings is 1. The number of aryl methyl sites for hydroxylation is 1. The van der Waals surface area contributed by atoms with Crippen LogP contribution in [0.3, 0.4) is 0 Å². The molecule has 2 fully saturated rings. The Balaban J connectivity index is 1.12. The lowest BCUT2D eigenvalue weighted by molar-refractivity contribution is 0.0425. The van der Waals surface area contributed by atoms with Gasteiger partial charge in [-0.3, -0.25) is 14.7 Å². The molecule has 0 spiro atoms. The molecule has 1 aromatic carbocycles. The number of fused-ring (bicyclic) bond motifs is 1. The number of carbonyl (C=O) groups is 1. The van der Waals surface area contributed by atoms with Crippen molar-refractivity contribution in [3.63, 3.8) is 0 Å². The molecule has 4 heterocycles. The number of aromatic nitrogens is 2. The van der Waals surface area contributed by atoms with E-state index in [9.17, 15) is 4.79 Å². The van der Waals surface area contributed by atoms with Gasteiger partial charge < -0.3 is 9.64 Å². The molecular weight excluding hydrogens is 408 g/mol. The number of hydrogen-bond donors (Lipinski definition) is 0. The van der Waals surface area contributed by atoms with Crippen molar-refractivity contribution in [3.8, 4) is 5.75 Å². The lowest BCUT2D eigenvalue weighted by atomic mass is 9.98. The zero-order valence-electron chi connectivity index (χ0n) is 17.9. The zero-order valence-corrected chi connectivity index (χ0v) is 18.7. The van der Waals surface area contributed by atoms with Crippen LogP contribution in [0.25, 0.3) is 10.2 Å². The van der Waals surface area contributed by atoms with Gasteiger partial charge in [-0.25, -0.2) is 4.98 Å². The van der Waals surface area contributed by atoms with Gasteiger partial charge in [-0.15, -0.1) is 11.3 Å². The van der Waals surface area contributed by atoms with E-state index in [1.807, 2.05) is 42.2 Å². The van der Waals surface area contributed by atoms with E-state index in [1.54, 1.807) is 23.7 Å². The van der Waals surface area contributed by atoms with Crippen LogP contribution in [0, 0.1) is 6.92 Å². The fourth-order valence-electron chi connectivity index (χ4n) is 4.76. The maximum atomic E-state index is 13.0. The standard InChI is InChI=1S/C24H28N4O2S/c1-17-26-22-3-2-18(16-23(22)31-17)24(29)28-12-6-19(7-13-28)27-14-8-21(9-15-27)30-20-4-10-25-11-5-20/h2-5,10-11,16,19,21H,6-9,12-15H2,1H3. The monoisotopic (exact) mass is 436 g/mol. The third-order valence-corrected chi connectivity index (χ3v) is 7.37. The lowest BCUT2D eigenvalue weighted by Crippen LogP contribution is -2.50. The molecule has 2 aromatic heterocycles. The summed E-state index contributed by atoms with van der Waals surface area (Å²) < 4.78 is 7.19. The van der Waals surface area contributed by atoms with Gasteiger partial charge >= 0.3 is 0 Å². The van der Waals surface area contributed by atoms with Gasteiger partial charge in [0, 0.05) is 50.2 Å². The van der Waals surface area contributed by atoms with Crippen molar-refractivity contribution >= 4 is 27.5 Å². The van der Waals surface area contributed by atoms with Crippen molar-refractivity contribution in [1.82, 2.24) is 19.8 Å². The minimum absolute atomic E-state index is 0.149. The highest BCUT2D eigenvalue weighted by molar-refractivity contribution is 7.18. The molecule has 0 N–H and O–H groups in total. The highest BCUT2D eigenvalue weighted by Gasteiger charge is 2.30. The van der Waals surface area contributed by atoms with E-state index in [1.165, 1.54) is 0 Å². The number of ether oxygens (including phenoxy) is 1. The molecule has 0 radical (unpaired) electrons. The zero-order chi connectivity index (χ0) is 21.2. The minimum atomic E-state index is 0.149. The molecule has 3 aromatic rings. The van der Waals surface area contributed by atoms with Crippen molar-refractivity contribution in [2.45, 2.75) is 44.8 Å². The second-order valence-corrected chi connectivity index (χ2v) is 9.71. The van der Waals surface area contributed by atoms with E-state index in [0.29, 0.717) is 6.04 Å². The molecule has 0 atom stereocenters. The first-order chi connectivity index (χ1) is 15.2. The molecule has 5 rings (SSSR count). The van der Waals surface area contributed by atoms with E-state index in [-0.39, 0.29) is 12.0 Å². The van der Waals surface area contributed by atoms with E-state index < -0.39 is 0 Å². The van der Waals surface area contributed by atoms with Gasteiger partial charge in [0.15, 0.2) is 0 Å². The summed E-state index contributed by atoms with van der Waals surface area (Å²) in [5.41, 5.74) is 1.76. The average Bonchev–Trinajstić information content (AvgIpc) is 3.19. The third-order valence-electron chi connectivity index (χ3n) is 6.44. The maximum absolute atomic E-state index is 13.0. The van der Waals surface area contributed by atoms with Crippen molar-refractivity contribution in [3.05, 3.63) is 53.3 Å². The Labute approximate surface area is 186 Å². The predicted molar refractivity (Wildman–Crippen MR) is 123 cm³/mol. The Morgan fingerprint density at radius 2 is 1.77 bits per heavy atom. The highest BCUT2D eigenvalue weighted by Crippen LogP contribution is 2.26. The van der Waals surface area contributed by atoms with Crippen LogP contribution in [0.4, 0.5) is 0 Å². The van der Waals surface area contributed by atoms with Gasteiger partial charge in [-0.2, -0.15) is 0 Å². The SMILES string of the molecule is Cc1nc2ccc(C(=O)N3CCC(N4CCC(Oc5ccncc5)CC4)CC3)cc2s1. The fourth-order valence-corrected chi connectivity index (χ4v) is 5.62. The number of hydrogen-bond acceptors (Lipinski definition) is 6. The molecule has 0 aliphatic carbocycles. The van der Waals surface area contributed by atoms with Crippen LogP contribution in [0.2, 0.25) is 0 Å². The maximum Gasteiger partial charge on any atom is 0.253 e. The van der Waals surface area contributed by atoms with Crippen LogP contribution in [-0.2, 0) is 0 Å². The van der Waals surface area contributed by atoms with E-state index in [4.69, 9.17) is 4.74 Å². The summed E-state index contributed by atoms with van der Waals surface area (Å²) in [7, 11) is 0. The molecule has 2 saturated heterocycles. The lowest BCUT2D eigenvalue weighted by Gasteiger charge is -2.41. The second kappa shape index (κ2) is 8.93. The molecule has 2 aliphatic rings.